The first-order valence-electron chi connectivity index (χ1n) is 9.70. The van der Waals surface area contributed by atoms with Crippen molar-refractivity contribution >= 4 is 11.6 Å². The highest BCUT2D eigenvalue weighted by Gasteiger charge is 2.27. The van der Waals surface area contributed by atoms with E-state index in [0.717, 1.165) is 43.5 Å². The number of piperidine rings is 1. The van der Waals surface area contributed by atoms with Gasteiger partial charge in [-0.15, -0.1) is 0 Å². The van der Waals surface area contributed by atoms with Crippen molar-refractivity contribution in [3.8, 4) is 11.3 Å². The van der Waals surface area contributed by atoms with Gasteiger partial charge in [-0.2, -0.15) is 0 Å². The molecule has 3 aromatic rings. The molecule has 0 saturated carbocycles. The number of nitrogens with zero attached hydrogens (tertiary/aromatic N) is 3. The van der Waals surface area contributed by atoms with Gasteiger partial charge in [-0.1, -0.05) is 12.1 Å². The Morgan fingerprint density at radius 2 is 2.18 bits per heavy atom. The Kier molecular flexibility index (Phi) is 5.39. The summed E-state index contributed by atoms with van der Waals surface area (Å²) < 4.78 is 20.6. The predicted octanol–water partition coefficient (Wildman–Crippen LogP) is 4.17. The standard InChI is InChI=1S/C22H24FN3O2/c1-28-12-10-19-7-2-3-11-25(19)22(27)17-6-4-5-16(13-17)20-14-24-21-9-8-18(23)15-26(20)21/h4-6,8-9,13-15,19H,2-3,7,10-12H2,1H3/t19-/m1/s1. The zero-order valence-corrected chi connectivity index (χ0v) is 16.0. The molecule has 0 spiro atoms. The van der Waals surface area contributed by atoms with Crippen molar-refractivity contribution in [2.24, 2.45) is 0 Å². The quantitative estimate of drug-likeness (QED) is 0.666. The van der Waals surface area contributed by atoms with E-state index < -0.39 is 0 Å². The first-order valence-corrected chi connectivity index (χ1v) is 9.70. The van der Waals surface area contributed by atoms with Crippen LogP contribution in [-0.2, 0) is 4.74 Å². The number of carbonyl (C=O) groups excluding carboxylic acids is 1. The highest BCUT2D eigenvalue weighted by Crippen LogP contribution is 2.26. The third kappa shape index (κ3) is 3.64. The van der Waals surface area contributed by atoms with Crippen LogP contribution in [0, 0.1) is 5.82 Å². The first kappa shape index (κ1) is 18.6. The van der Waals surface area contributed by atoms with Gasteiger partial charge in [-0.3, -0.25) is 9.20 Å². The maximum absolute atomic E-state index is 13.7. The van der Waals surface area contributed by atoms with E-state index in [1.165, 1.54) is 12.3 Å². The third-order valence-electron chi connectivity index (χ3n) is 5.42. The Morgan fingerprint density at radius 1 is 1.29 bits per heavy atom. The number of hydrogen-bond donors (Lipinski definition) is 0. The second-order valence-electron chi connectivity index (χ2n) is 7.23. The van der Waals surface area contributed by atoms with Crippen LogP contribution in [-0.4, -0.2) is 46.5 Å². The fourth-order valence-electron chi connectivity index (χ4n) is 3.97. The second-order valence-corrected chi connectivity index (χ2v) is 7.23. The third-order valence-corrected chi connectivity index (χ3v) is 5.42. The lowest BCUT2D eigenvalue weighted by Crippen LogP contribution is -2.44. The molecule has 6 heteroatoms. The van der Waals surface area contributed by atoms with E-state index in [4.69, 9.17) is 4.74 Å². The molecule has 0 N–H and O–H groups in total. The molecule has 28 heavy (non-hydrogen) atoms. The zero-order valence-electron chi connectivity index (χ0n) is 16.0. The van der Waals surface area contributed by atoms with Crippen molar-refractivity contribution in [1.29, 1.82) is 0 Å². The van der Waals surface area contributed by atoms with Gasteiger partial charge < -0.3 is 9.64 Å². The van der Waals surface area contributed by atoms with Crippen LogP contribution >= 0.6 is 0 Å². The normalized spacial score (nSPS) is 17.2. The van der Waals surface area contributed by atoms with Crippen LogP contribution in [0.2, 0.25) is 0 Å². The lowest BCUT2D eigenvalue weighted by atomic mass is 9.98. The SMILES string of the molecule is COCC[C@H]1CCCCN1C(=O)c1cccc(-c2cnc3ccc(F)cn23)c1. The van der Waals surface area contributed by atoms with Gasteiger partial charge in [-0.05, 0) is 49.9 Å². The lowest BCUT2D eigenvalue weighted by Gasteiger charge is -2.36. The van der Waals surface area contributed by atoms with Crippen molar-refractivity contribution in [3.63, 3.8) is 0 Å². The number of carbonyl (C=O) groups is 1. The van der Waals surface area contributed by atoms with E-state index in [9.17, 15) is 9.18 Å². The summed E-state index contributed by atoms with van der Waals surface area (Å²) in [6.45, 7) is 1.43. The molecule has 0 unspecified atom stereocenters. The molecule has 1 atom stereocenters. The van der Waals surface area contributed by atoms with Crippen molar-refractivity contribution in [2.45, 2.75) is 31.7 Å². The van der Waals surface area contributed by atoms with Crippen LogP contribution in [0.3, 0.4) is 0 Å². The Morgan fingerprint density at radius 3 is 3.04 bits per heavy atom. The van der Waals surface area contributed by atoms with Crippen molar-refractivity contribution in [1.82, 2.24) is 14.3 Å². The molecule has 1 fully saturated rings. The number of halogens is 1. The topological polar surface area (TPSA) is 46.8 Å². The maximum Gasteiger partial charge on any atom is 0.254 e. The molecular formula is C22H24FN3O2. The summed E-state index contributed by atoms with van der Waals surface area (Å²) in [6, 6.07) is 10.8. The van der Waals surface area contributed by atoms with E-state index in [1.54, 1.807) is 23.8 Å². The molecule has 146 valence electrons. The average Bonchev–Trinajstić information content (AvgIpc) is 3.15. The summed E-state index contributed by atoms with van der Waals surface area (Å²) in [4.78, 5) is 19.5. The summed E-state index contributed by atoms with van der Waals surface area (Å²) in [7, 11) is 1.69. The second kappa shape index (κ2) is 8.10. The number of ether oxygens (including phenoxy) is 1. The molecule has 1 amide bonds. The highest BCUT2D eigenvalue weighted by molar-refractivity contribution is 5.95. The minimum atomic E-state index is -0.326. The Labute approximate surface area is 163 Å². The largest absolute Gasteiger partial charge is 0.385 e. The molecule has 3 heterocycles. The Hall–Kier alpha value is -2.73. The average molecular weight is 381 g/mol. The number of benzene rings is 1. The molecule has 1 saturated heterocycles. The number of aromatic nitrogens is 2. The van der Waals surface area contributed by atoms with Crippen LogP contribution in [0.4, 0.5) is 4.39 Å². The van der Waals surface area contributed by atoms with E-state index in [2.05, 4.69) is 4.98 Å². The molecular weight excluding hydrogens is 357 g/mol. The van der Waals surface area contributed by atoms with Gasteiger partial charge in [-0.25, -0.2) is 9.37 Å². The molecule has 1 aliphatic heterocycles. The number of pyridine rings is 1. The van der Waals surface area contributed by atoms with Crippen LogP contribution in [0.15, 0.2) is 48.8 Å². The summed E-state index contributed by atoms with van der Waals surface area (Å²) in [5, 5.41) is 0. The number of rotatable bonds is 5. The minimum absolute atomic E-state index is 0.0441. The smallest absolute Gasteiger partial charge is 0.254 e. The maximum atomic E-state index is 13.7. The van der Waals surface area contributed by atoms with Gasteiger partial charge in [0, 0.05) is 43.6 Å². The summed E-state index contributed by atoms with van der Waals surface area (Å²) >= 11 is 0. The monoisotopic (exact) mass is 381 g/mol. The zero-order chi connectivity index (χ0) is 19.5. The van der Waals surface area contributed by atoms with Gasteiger partial charge in [0.1, 0.15) is 11.5 Å². The Bertz CT molecular complexity index is 985. The van der Waals surface area contributed by atoms with Gasteiger partial charge >= 0.3 is 0 Å². The number of hydrogen-bond acceptors (Lipinski definition) is 3. The number of methoxy groups -OCH3 is 1. The van der Waals surface area contributed by atoms with Gasteiger partial charge in [0.05, 0.1) is 11.9 Å². The summed E-state index contributed by atoms with van der Waals surface area (Å²) in [5.74, 6) is -0.282. The number of imidazole rings is 1. The molecule has 0 aliphatic carbocycles. The lowest BCUT2D eigenvalue weighted by molar-refractivity contribution is 0.0553. The minimum Gasteiger partial charge on any atom is -0.385 e. The van der Waals surface area contributed by atoms with Gasteiger partial charge in [0.25, 0.3) is 5.91 Å². The summed E-state index contributed by atoms with van der Waals surface area (Å²) in [5.41, 5.74) is 2.92. The highest BCUT2D eigenvalue weighted by atomic mass is 19.1. The van der Waals surface area contributed by atoms with E-state index in [0.29, 0.717) is 17.8 Å². The first-order chi connectivity index (χ1) is 13.7. The van der Waals surface area contributed by atoms with Crippen molar-refractivity contribution < 1.29 is 13.9 Å². The number of amides is 1. The molecule has 4 rings (SSSR count). The molecule has 0 bridgehead atoms. The van der Waals surface area contributed by atoms with E-state index in [1.807, 2.05) is 29.2 Å². The van der Waals surface area contributed by atoms with Gasteiger partial charge in [0.2, 0.25) is 0 Å². The fourth-order valence-corrected chi connectivity index (χ4v) is 3.97. The fraction of sp³-hybridized carbons (Fsp3) is 0.364. The molecule has 1 aromatic carbocycles. The molecule has 1 aliphatic rings. The molecule has 2 aromatic heterocycles. The molecule has 0 radical (unpaired) electrons. The summed E-state index contributed by atoms with van der Waals surface area (Å²) in [6.07, 6.45) is 7.17. The molecule has 5 nitrogen and oxygen atoms in total. The van der Waals surface area contributed by atoms with Crippen LogP contribution in [0.5, 0.6) is 0 Å². The predicted molar refractivity (Wildman–Crippen MR) is 106 cm³/mol. The van der Waals surface area contributed by atoms with E-state index in [-0.39, 0.29) is 17.8 Å². The van der Waals surface area contributed by atoms with Crippen LogP contribution < -0.4 is 0 Å². The van der Waals surface area contributed by atoms with Crippen molar-refractivity contribution in [3.05, 3.63) is 60.2 Å². The number of likely N-dealkylation sites (tertiary alicyclic amines) is 1. The van der Waals surface area contributed by atoms with E-state index >= 15 is 0 Å². The van der Waals surface area contributed by atoms with Gasteiger partial charge in [0.15, 0.2) is 0 Å². The van der Waals surface area contributed by atoms with Crippen LogP contribution in [0.25, 0.3) is 16.9 Å². The Balaban J connectivity index is 1.64. The number of fused-ring (bicyclic) bond motifs is 1. The van der Waals surface area contributed by atoms with Crippen molar-refractivity contribution in [2.75, 3.05) is 20.3 Å². The van der Waals surface area contributed by atoms with Crippen LogP contribution in [0.1, 0.15) is 36.0 Å².